The molecule has 2 N–H and O–H groups in total. The van der Waals surface area contributed by atoms with Crippen molar-refractivity contribution in [2.45, 2.75) is 20.8 Å². The van der Waals surface area contributed by atoms with Crippen LogP contribution < -0.4 is 15.7 Å². The Kier molecular flexibility index (Phi) is 6.52. The first-order chi connectivity index (χ1) is 16.0. The van der Waals surface area contributed by atoms with E-state index >= 15 is 0 Å². The molecule has 0 unspecified atom stereocenters. The number of rotatable bonds is 5. The molecule has 0 saturated heterocycles. The van der Waals surface area contributed by atoms with Gasteiger partial charge in [-0.25, -0.2) is 4.79 Å². The molecule has 1 aliphatic carbocycles. The summed E-state index contributed by atoms with van der Waals surface area (Å²) in [4.78, 5) is 15.8. The van der Waals surface area contributed by atoms with Crippen molar-refractivity contribution >= 4 is 38.6 Å². The highest BCUT2D eigenvalue weighted by molar-refractivity contribution is 9.10. The lowest BCUT2D eigenvalue weighted by Gasteiger charge is -2.19. The second kappa shape index (κ2) is 9.51. The molecule has 2 aromatic carbocycles. The number of terminal acetylenes is 1. The Labute approximate surface area is 201 Å². The molecule has 0 aromatic heterocycles. The van der Waals surface area contributed by atoms with Crippen molar-refractivity contribution in [1.82, 2.24) is 0 Å². The molecule has 0 bridgehead atoms. The van der Waals surface area contributed by atoms with Crippen molar-refractivity contribution in [1.29, 1.82) is 0 Å². The molecule has 0 fully saturated rings. The Bertz CT molecular complexity index is 1450. The number of hydrogen-bond acceptors (Lipinski definition) is 4. The topological polar surface area (TPSA) is 65.4 Å². The molecular weight excluding hydrogens is 480 g/mol. The molecule has 0 amide bonds. The van der Waals surface area contributed by atoms with Crippen molar-refractivity contribution in [2.24, 2.45) is 0 Å². The summed E-state index contributed by atoms with van der Waals surface area (Å²) in [6.07, 6.45) is 5.48. The van der Waals surface area contributed by atoms with Gasteiger partial charge in [0, 0.05) is 39.2 Å². The fourth-order valence-electron chi connectivity index (χ4n) is 3.98. The molecule has 0 atom stereocenters. The molecule has 0 radical (unpaired) electrons. The smallest absolute Gasteiger partial charge is 0.338 e. The standard InChI is InChI=1S/C27H23BrN2O3/c1-5-29-22-14-24-19(12-16(22)4)26(17-10-8-9-11-18(17)27(31)32-7-3)20-13-21(28)23(30-6-2)15-25(20)33-24/h1,8-15,30H,6-7H2,2-4H3/p+1. The molecule has 2 aromatic rings. The zero-order valence-electron chi connectivity index (χ0n) is 18.7. The van der Waals surface area contributed by atoms with E-state index in [2.05, 4.69) is 32.3 Å². The van der Waals surface area contributed by atoms with E-state index in [1.807, 2.05) is 56.3 Å². The molecule has 2 aliphatic rings. The number of anilines is 1. The third kappa shape index (κ3) is 4.24. The third-order valence-electron chi connectivity index (χ3n) is 5.42. The van der Waals surface area contributed by atoms with Gasteiger partial charge in [-0.3, -0.25) is 0 Å². The predicted molar refractivity (Wildman–Crippen MR) is 134 cm³/mol. The minimum absolute atomic E-state index is 0.302. The monoisotopic (exact) mass is 503 g/mol. The van der Waals surface area contributed by atoms with E-state index in [1.165, 1.54) is 0 Å². The van der Waals surface area contributed by atoms with Crippen LogP contribution in [0.4, 0.5) is 5.69 Å². The van der Waals surface area contributed by atoms with Crippen LogP contribution in [0, 0.1) is 19.4 Å². The molecule has 33 heavy (non-hydrogen) atoms. The summed E-state index contributed by atoms with van der Waals surface area (Å²) in [5.41, 5.74) is 5.63. The average Bonchev–Trinajstić information content (AvgIpc) is 2.80. The summed E-state index contributed by atoms with van der Waals surface area (Å²) in [7, 11) is 0. The second-order valence-electron chi connectivity index (χ2n) is 7.53. The molecule has 0 spiro atoms. The number of fused-ring (bicyclic) bond motifs is 2. The first kappa shape index (κ1) is 22.6. The maximum Gasteiger partial charge on any atom is 0.338 e. The van der Waals surface area contributed by atoms with E-state index in [1.54, 1.807) is 13.0 Å². The number of carbonyl (C=O) groups is 1. The number of hydrogen-bond donors (Lipinski definition) is 2. The van der Waals surface area contributed by atoms with Gasteiger partial charge in [0.1, 0.15) is 11.3 Å². The fourth-order valence-corrected chi connectivity index (χ4v) is 4.46. The Morgan fingerprint density at radius 1 is 1.18 bits per heavy atom. The van der Waals surface area contributed by atoms with Crippen molar-refractivity contribution < 1.29 is 18.9 Å². The third-order valence-corrected chi connectivity index (χ3v) is 6.08. The summed E-state index contributed by atoms with van der Waals surface area (Å²) in [6, 6.07) is 17.9. The van der Waals surface area contributed by atoms with Crippen LogP contribution in [0.25, 0.3) is 33.4 Å². The van der Waals surface area contributed by atoms with Crippen LogP contribution in [0.5, 0.6) is 0 Å². The highest BCUT2D eigenvalue weighted by atomic mass is 79.9. The second-order valence-corrected chi connectivity index (χ2v) is 8.39. The maximum absolute atomic E-state index is 12.8. The highest BCUT2D eigenvalue weighted by Gasteiger charge is 2.24. The van der Waals surface area contributed by atoms with Crippen LogP contribution in [0.1, 0.15) is 29.8 Å². The van der Waals surface area contributed by atoms with Gasteiger partial charge in [0.05, 0.1) is 23.9 Å². The van der Waals surface area contributed by atoms with E-state index in [9.17, 15) is 4.79 Å². The van der Waals surface area contributed by atoms with Crippen molar-refractivity contribution in [3.63, 3.8) is 0 Å². The summed E-state index contributed by atoms with van der Waals surface area (Å²) in [6.45, 7) is 6.89. The molecule has 1 heterocycles. The van der Waals surface area contributed by atoms with Crippen LogP contribution in [0.2, 0.25) is 0 Å². The van der Waals surface area contributed by atoms with E-state index in [0.29, 0.717) is 23.5 Å². The number of ether oxygens (including phenoxy) is 1. The minimum atomic E-state index is -0.360. The van der Waals surface area contributed by atoms with E-state index in [-0.39, 0.29) is 5.97 Å². The molecule has 0 saturated carbocycles. The molecule has 1 aliphatic heterocycles. The van der Waals surface area contributed by atoms with Gasteiger partial charge in [0.2, 0.25) is 11.4 Å². The van der Waals surface area contributed by atoms with Gasteiger partial charge < -0.3 is 14.5 Å². The lowest BCUT2D eigenvalue weighted by molar-refractivity contribution is -0.396. The number of nitrogens with one attached hydrogen (secondary N) is 2. The Balaban J connectivity index is 2.17. The number of benzene rings is 3. The van der Waals surface area contributed by atoms with Crippen molar-refractivity contribution in [3.05, 3.63) is 69.5 Å². The molecule has 166 valence electrons. The van der Waals surface area contributed by atoms with Gasteiger partial charge >= 0.3 is 5.97 Å². The van der Waals surface area contributed by atoms with Gasteiger partial charge in [-0.05, 0) is 66.9 Å². The van der Waals surface area contributed by atoms with E-state index < -0.39 is 0 Å². The van der Waals surface area contributed by atoms with Gasteiger partial charge in [-0.2, -0.15) is 4.99 Å². The molecule has 6 heteroatoms. The first-order valence-corrected chi connectivity index (χ1v) is 11.5. The van der Waals surface area contributed by atoms with Crippen LogP contribution in [0.3, 0.4) is 0 Å². The van der Waals surface area contributed by atoms with E-state index in [0.717, 1.165) is 49.7 Å². The largest absolute Gasteiger partial charge is 0.462 e. The summed E-state index contributed by atoms with van der Waals surface area (Å²) < 4.78 is 12.6. The molecule has 5 nitrogen and oxygen atoms in total. The molecular formula is C27H24BrN2O3+. The lowest BCUT2D eigenvalue weighted by atomic mass is 9.90. The maximum atomic E-state index is 12.8. The van der Waals surface area contributed by atoms with Gasteiger partial charge in [-0.15, -0.1) is 0 Å². The quantitative estimate of drug-likeness (QED) is 0.182. The highest BCUT2D eigenvalue weighted by Crippen LogP contribution is 2.43. The summed E-state index contributed by atoms with van der Waals surface area (Å²) >= 11 is 3.68. The molecule has 4 rings (SSSR count). The Morgan fingerprint density at radius 3 is 2.70 bits per heavy atom. The van der Waals surface area contributed by atoms with Crippen molar-refractivity contribution in [2.75, 3.05) is 18.5 Å². The van der Waals surface area contributed by atoms with Gasteiger partial charge in [0.25, 0.3) is 0 Å². The number of aryl methyl sites for hydroxylation is 1. The van der Waals surface area contributed by atoms with Crippen LogP contribution in [-0.4, -0.2) is 19.1 Å². The average molecular weight is 504 g/mol. The zero-order valence-corrected chi connectivity index (χ0v) is 20.3. The first-order valence-electron chi connectivity index (χ1n) is 10.7. The zero-order chi connectivity index (χ0) is 23.5. The lowest BCUT2D eigenvalue weighted by Crippen LogP contribution is -2.71. The van der Waals surface area contributed by atoms with Gasteiger partial charge in [-0.1, -0.05) is 18.2 Å². The number of esters is 1. The Morgan fingerprint density at radius 2 is 1.97 bits per heavy atom. The number of carbonyl (C=O) groups excluding carboxylic acids is 1. The normalized spacial score (nSPS) is 11.5. The van der Waals surface area contributed by atoms with Crippen LogP contribution >= 0.6 is 15.9 Å². The summed E-state index contributed by atoms with van der Waals surface area (Å²) in [5.74, 6) is 0.296. The van der Waals surface area contributed by atoms with Gasteiger partial charge in [0.15, 0.2) is 0 Å². The fraction of sp³-hybridized carbons (Fsp3) is 0.185. The number of halogens is 1. The summed E-state index contributed by atoms with van der Waals surface area (Å²) in [5, 5.41) is 5.02. The van der Waals surface area contributed by atoms with Crippen molar-refractivity contribution in [3.8, 4) is 34.9 Å². The SMILES string of the molecule is C#C[NH+]=c1cc2oc3cc(NCC)c(Br)cc3c(-c3ccccc3C(=O)OCC)c-2cc1C. The van der Waals surface area contributed by atoms with Crippen LogP contribution in [0.15, 0.2) is 57.4 Å². The Hall–Kier alpha value is -3.56. The predicted octanol–water partition coefficient (Wildman–Crippen LogP) is 4.46. The van der Waals surface area contributed by atoms with Crippen LogP contribution in [-0.2, 0) is 4.74 Å². The minimum Gasteiger partial charge on any atom is -0.462 e. The van der Waals surface area contributed by atoms with E-state index in [4.69, 9.17) is 15.6 Å².